The van der Waals surface area contributed by atoms with Crippen LogP contribution in [0, 0.1) is 22.7 Å². The van der Waals surface area contributed by atoms with E-state index < -0.39 is 40.8 Å². The molecule has 0 bridgehead atoms. The lowest BCUT2D eigenvalue weighted by Crippen LogP contribution is -2.60. The summed E-state index contributed by atoms with van der Waals surface area (Å²) in [6, 6.07) is 4.47. The number of aldehydes is 1. The molecule has 5 atom stereocenters. The molecular weight excluding hydrogens is 538 g/mol. The Bertz CT molecular complexity index is 1380. The van der Waals surface area contributed by atoms with Crippen LogP contribution in [-0.2, 0) is 19.2 Å². The molecule has 0 spiro atoms. The van der Waals surface area contributed by atoms with Gasteiger partial charge in [0.05, 0.1) is 13.2 Å². The maximum Gasteiger partial charge on any atom is 0.268 e. The lowest BCUT2D eigenvalue weighted by atomic mass is 9.77. The second kappa shape index (κ2) is 11.8. The molecular formula is C31H43N5O6. The van der Waals surface area contributed by atoms with Gasteiger partial charge in [0.1, 0.15) is 29.8 Å². The number of hydrogen-bond donors (Lipinski definition) is 4. The van der Waals surface area contributed by atoms with Gasteiger partial charge < -0.3 is 35.4 Å². The van der Waals surface area contributed by atoms with E-state index in [-0.39, 0.29) is 35.8 Å². The summed E-state index contributed by atoms with van der Waals surface area (Å²) < 4.78 is 5.41. The number of fused-ring (bicyclic) bond motifs is 1. The van der Waals surface area contributed by atoms with Crippen molar-refractivity contribution in [1.29, 1.82) is 0 Å². The third-order valence-corrected chi connectivity index (χ3v) is 8.96. The summed E-state index contributed by atoms with van der Waals surface area (Å²) in [5.74, 6) is -1.17. The van der Waals surface area contributed by atoms with Gasteiger partial charge in [-0.3, -0.25) is 19.2 Å². The molecule has 42 heavy (non-hydrogen) atoms. The van der Waals surface area contributed by atoms with Crippen molar-refractivity contribution in [1.82, 2.24) is 25.8 Å². The maximum absolute atomic E-state index is 14.2. The van der Waals surface area contributed by atoms with Crippen LogP contribution in [-0.4, -0.2) is 78.1 Å². The Morgan fingerprint density at radius 1 is 1.21 bits per heavy atom. The van der Waals surface area contributed by atoms with E-state index in [0.29, 0.717) is 31.5 Å². The molecule has 1 aromatic carbocycles. The van der Waals surface area contributed by atoms with Crippen molar-refractivity contribution in [2.75, 3.05) is 20.2 Å². The van der Waals surface area contributed by atoms with Gasteiger partial charge in [-0.2, -0.15) is 0 Å². The standard InChI is InChI=1S/C31H43N5O6/c1-17-15-36(25(31(17,5)6)28(40)33-19(16-37)13-18-11-12-32-26(18)38)29(41)24(30(2,3)4)35-27(39)22-14-20-21(34-22)9-8-10-23(20)42-7/h8-10,14,16-19,24-25,34H,11-13,15H2,1-7H3,(H,32,38)(H,33,40)(H,35,39)/t17-,18+,19+,24-,25-/m1/s1. The summed E-state index contributed by atoms with van der Waals surface area (Å²) >= 11 is 0. The smallest absolute Gasteiger partial charge is 0.268 e. The number of H-pyrrole nitrogens is 1. The number of benzene rings is 1. The Hall–Kier alpha value is -3.89. The summed E-state index contributed by atoms with van der Waals surface area (Å²) in [7, 11) is 1.56. The van der Waals surface area contributed by atoms with Crippen molar-refractivity contribution in [3.05, 3.63) is 30.0 Å². The minimum atomic E-state index is -0.946. The first kappa shape index (κ1) is 31.1. The number of rotatable bonds is 9. The molecule has 11 heteroatoms. The van der Waals surface area contributed by atoms with E-state index in [1.807, 2.05) is 53.7 Å². The largest absolute Gasteiger partial charge is 0.496 e. The third kappa shape index (κ3) is 6.00. The van der Waals surface area contributed by atoms with Gasteiger partial charge in [0.25, 0.3) is 5.91 Å². The van der Waals surface area contributed by atoms with Gasteiger partial charge in [-0.1, -0.05) is 47.6 Å². The fraction of sp³-hybridized carbons (Fsp3) is 0.581. The minimum Gasteiger partial charge on any atom is -0.496 e. The fourth-order valence-electron chi connectivity index (χ4n) is 6.04. The second-order valence-corrected chi connectivity index (χ2v) is 13.3. The molecule has 0 saturated carbocycles. The molecule has 2 aliphatic rings. The molecule has 4 N–H and O–H groups in total. The van der Waals surface area contributed by atoms with Crippen LogP contribution in [0.5, 0.6) is 5.75 Å². The Balaban J connectivity index is 1.57. The predicted molar refractivity (Wildman–Crippen MR) is 158 cm³/mol. The SMILES string of the molecule is COc1cccc2[nH]c(C(=O)N[C@H](C(=O)N3C[C@@H](C)C(C)(C)[C@H]3C(=O)N[C@H](C=O)C[C@@H]3CCNC3=O)C(C)(C)C)cc12. The Morgan fingerprint density at radius 3 is 2.52 bits per heavy atom. The zero-order valence-corrected chi connectivity index (χ0v) is 25.5. The number of amides is 4. The van der Waals surface area contributed by atoms with Crippen LogP contribution in [0.15, 0.2) is 24.3 Å². The van der Waals surface area contributed by atoms with Gasteiger partial charge in [0.15, 0.2) is 0 Å². The number of aromatic nitrogens is 1. The van der Waals surface area contributed by atoms with Crippen molar-refractivity contribution < 1.29 is 28.7 Å². The first-order valence-electron chi connectivity index (χ1n) is 14.5. The number of nitrogens with zero attached hydrogens (tertiary/aromatic N) is 1. The predicted octanol–water partition coefficient (Wildman–Crippen LogP) is 2.40. The molecule has 2 saturated heterocycles. The molecule has 4 rings (SSSR count). The highest BCUT2D eigenvalue weighted by molar-refractivity contribution is 6.02. The van der Waals surface area contributed by atoms with E-state index in [4.69, 9.17) is 4.74 Å². The van der Waals surface area contributed by atoms with E-state index in [2.05, 4.69) is 20.9 Å². The zero-order valence-electron chi connectivity index (χ0n) is 25.5. The molecule has 4 amide bonds. The summed E-state index contributed by atoms with van der Waals surface area (Å²) in [4.78, 5) is 70.1. The van der Waals surface area contributed by atoms with Gasteiger partial charge >= 0.3 is 0 Å². The van der Waals surface area contributed by atoms with Crippen LogP contribution in [0.4, 0.5) is 0 Å². The van der Waals surface area contributed by atoms with Crippen molar-refractivity contribution in [3.8, 4) is 5.75 Å². The molecule has 0 radical (unpaired) electrons. The van der Waals surface area contributed by atoms with Crippen LogP contribution in [0.1, 0.15) is 64.9 Å². The highest BCUT2D eigenvalue weighted by Gasteiger charge is 2.53. The van der Waals surface area contributed by atoms with Crippen molar-refractivity contribution in [3.63, 3.8) is 0 Å². The molecule has 228 valence electrons. The molecule has 0 unspecified atom stereocenters. The third-order valence-electron chi connectivity index (χ3n) is 8.96. The Morgan fingerprint density at radius 2 is 1.93 bits per heavy atom. The van der Waals surface area contributed by atoms with E-state index >= 15 is 0 Å². The average molecular weight is 582 g/mol. The Labute approximate surface area is 246 Å². The van der Waals surface area contributed by atoms with Gasteiger partial charge in [-0.15, -0.1) is 0 Å². The maximum atomic E-state index is 14.2. The molecule has 2 aliphatic heterocycles. The van der Waals surface area contributed by atoms with Gasteiger partial charge in [0, 0.05) is 29.9 Å². The van der Waals surface area contributed by atoms with E-state index in [0.717, 1.165) is 10.9 Å². The fourth-order valence-corrected chi connectivity index (χ4v) is 6.04. The monoisotopic (exact) mass is 581 g/mol. The highest BCUT2D eigenvalue weighted by Crippen LogP contribution is 2.42. The first-order chi connectivity index (χ1) is 19.7. The zero-order chi connectivity index (χ0) is 31.0. The van der Waals surface area contributed by atoms with Crippen LogP contribution < -0.4 is 20.7 Å². The van der Waals surface area contributed by atoms with Crippen molar-refractivity contribution in [2.45, 2.75) is 72.5 Å². The van der Waals surface area contributed by atoms with Crippen molar-refractivity contribution in [2.24, 2.45) is 22.7 Å². The van der Waals surface area contributed by atoms with E-state index in [9.17, 15) is 24.0 Å². The first-order valence-corrected chi connectivity index (χ1v) is 14.5. The average Bonchev–Trinajstić information content (AvgIpc) is 3.61. The number of likely N-dealkylation sites (tertiary alicyclic amines) is 1. The Kier molecular flexibility index (Phi) is 8.71. The van der Waals surface area contributed by atoms with Crippen LogP contribution in [0.3, 0.4) is 0 Å². The van der Waals surface area contributed by atoms with Gasteiger partial charge in [-0.05, 0) is 47.8 Å². The molecule has 2 aromatic rings. The van der Waals surface area contributed by atoms with E-state index in [1.54, 1.807) is 19.2 Å². The lowest BCUT2D eigenvalue weighted by Gasteiger charge is -2.38. The van der Waals surface area contributed by atoms with Crippen LogP contribution >= 0.6 is 0 Å². The highest BCUT2D eigenvalue weighted by atomic mass is 16.5. The van der Waals surface area contributed by atoms with Crippen LogP contribution in [0.25, 0.3) is 10.9 Å². The van der Waals surface area contributed by atoms with Gasteiger partial charge in [-0.25, -0.2) is 0 Å². The summed E-state index contributed by atoms with van der Waals surface area (Å²) in [5.41, 5.74) is -0.289. The molecule has 3 heterocycles. The number of methoxy groups -OCH3 is 1. The van der Waals surface area contributed by atoms with Gasteiger partial charge in [0.2, 0.25) is 17.7 Å². The lowest BCUT2D eigenvalue weighted by molar-refractivity contribution is -0.144. The number of ether oxygens (including phenoxy) is 1. The summed E-state index contributed by atoms with van der Waals surface area (Å²) in [6.07, 6.45) is 1.45. The normalized spacial score (nSPS) is 23.3. The van der Waals surface area contributed by atoms with Crippen LogP contribution in [0.2, 0.25) is 0 Å². The topological polar surface area (TPSA) is 150 Å². The number of aromatic amines is 1. The number of nitrogens with one attached hydrogen (secondary N) is 4. The summed E-state index contributed by atoms with van der Waals surface area (Å²) in [5, 5.41) is 9.22. The molecule has 1 aromatic heterocycles. The molecule has 11 nitrogen and oxygen atoms in total. The van der Waals surface area contributed by atoms with E-state index in [1.165, 1.54) is 4.90 Å². The number of carbonyl (C=O) groups is 5. The molecule has 2 fully saturated rings. The van der Waals surface area contributed by atoms with Crippen molar-refractivity contribution >= 4 is 40.8 Å². The number of hydrogen-bond acceptors (Lipinski definition) is 6. The minimum absolute atomic E-state index is 0.0371. The summed E-state index contributed by atoms with van der Waals surface area (Å²) in [6.45, 7) is 12.3. The second-order valence-electron chi connectivity index (χ2n) is 13.3. The quantitative estimate of drug-likeness (QED) is 0.334. The molecule has 0 aliphatic carbocycles. The number of carbonyl (C=O) groups excluding carboxylic acids is 5.